The molecule has 122 valence electrons. The number of rotatable bonds is 4. The molecule has 2 aliphatic heterocycles. The summed E-state index contributed by atoms with van der Waals surface area (Å²) in [5.74, 6) is 1.65. The van der Waals surface area contributed by atoms with Gasteiger partial charge in [-0.25, -0.2) is 0 Å². The van der Waals surface area contributed by atoms with Crippen LogP contribution in [0, 0.1) is 0 Å². The minimum absolute atomic E-state index is 0.236. The third kappa shape index (κ3) is 3.29. The van der Waals surface area contributed by atoms with Crippen molar-refractivity contribution in [1.82, 2.24) is 9.80 Å². The standard InChI is InChI=1S/C17H20N2O3S/c20-15-8-17-16(21-12-22-17)7-14(15)10-19-4-2-18(3-5-19)9-13-1-6-23-11-13/h1,6-8,11,20H,2-5,9-10,12H2. The predicted octanol–water partition coefficient (Wildman–Crippen LogP) is 2.50. The van der Waals surface area contributed by atoms with Gasteiger partial charge in [-0.3, -0.25) is 9.80 Å². The fourth-order valence-electron chi connectivity index (χ4n) is 3.09. The molecule has 0 amide bonds. The predicted molar refractivity (Wildman–Crippen MR) is 89.1 cm³/mol. The van der Waals surface area contributed by atoms with E-state index in [9.17, 15) is 5.11 Å². The van der Waals surface area contributed by atoms with Gasteiger partial charge in [0.2, 0.25) is 6.79 Å². The number of benzene rings is 1. The summed E-state index contributed by atoms with van der Waals surface area (Å²) in [5.41, 5.74) is 2.30. The van der Waals surface area contributed by atoms with Crippen LogP contribution in [-0.2, 0) is 13.1 Å². The maximum Gasteiger partial charge on any atom is 0.231 e. The van der Waals surface area contributed by atoms with Gasteiger partial charge < -0.3 is 14.6 Å². The molecule has 0 atom stereocenters. The summed E-state index contributed by atoms with van der Waals surface area (Å²) in [6.07, 6.45) is 0. The van der Waals surface area contributed by atoms with Crippen molar-refractivity contribution in [2.24, 2.45) is 0 Å². The lowest BCUT2D eigenvalue weighted by Gasteiger charge is -2.34. The Labute approximate surface area is 139 Å². The zero-order valence-electron chi connectivity index (χ0n) is 12.9. The third-order valence-corrected chi connectivity index (χ3v) is 5.15. The van der Waals surface area contributed by atoms with Gasteiger partial charge in [0.05, 0.1) is 0 Å². The second kappa shape index (κ2) is 6.39. The molecule has 0 spiro atoms. The lowest BCUT2D eigenvalue weighted by molar-refractivity contribution is 0.121. The molecule has 6 heteroatoms. The molecule has 3 heterocycles. The van der Waals surface area contributed by atoms with Gasteiger partial charge in [-0.1, -0.05) is 0 Å². The van der Waals surface area contributed by atoms with Crippen LogP contribution in [0.4, 0.5) is 0 Å². The topological polar surface area (TPSA) is 45.2 Å². The normalized spacial score (nSPS) is 18.4. The van der Waals surface area contributed by atoms with Gasteiger partial charge in [0.25, 0.3) is 0 Å². The fraction of sp³-hybridized carbons (Fsp3) is 0.412. The lowest BCUT2D eigenvalue weighted by atomic mass is 10.1. The van der Waals surface area contributed by atoms with Gasteiger partial charge in [-0.15, -0.1) is 0 Å². The molecular formula is C17H20N2O3S. The molecule has 0 aliphatic carbocycles. The van der Waals surface area contributed by atoms with Crippen LogP contribution in [0.1, 0.15) is 11.1 Å². The summed E-state index contributed by atoms with van der Waals surface area (Å²) in [7, 11) is 0. The van der Waals surface area contributed by atoms with Crippen molar-refractivity contribution in [2.75, 3.05) is 33.0 Å². The van der Waals surface area contributed by atoms with Crippen molar-refractivity contribution in [3.63, 3.8) is 0 Å². The maximum absolute atomic E-state index is 10.2. The van der Waals surface area contributed by atoms with Crippen molar-refractivity contribution < 1.29 is 14.6 Å². The molecule has 0 unspecified atom stereocenters. The number of thiophene rings is 1. The Morgan fingerprint density at radius 3 is 2.39 bits per heavy atom. The highest BCUT2D eigenvalue weighted by Gasteiger charge is 2.21. The van der Waals surface area contributed by atoms with Gasteiger partial charge >= 0.3 is 0 Å². The highest BCUT2D eigenvalue weighted by molar-refractivity contribution is 7.07. The minimum Gasteiger partial charge on any atom is -0.507 e. The molecule has 1 aromatic carbocycles. The van der Waals surface area contributed by atoms with Crippen LogP contribution in [0.5, 0.6) is 17.2 Å². The van der Waals surface area contributed by atoms with Crippen molar-refractivity contribution >= 4 is 11.3 Å². The Balaban J connectivity index is 1.34. The molecule has 0 saturated carbocycles. The summed E-state index contributed by atoms with van der Waals surface area (Å²) in [4.78, 5) is 4.86. The molecule has 23 heavy (non-hydrogen) atoms. The largest absolute Gasteiger partial charge is 0.507 e. The Bertz CT molecular complexity index is 667. The highest BCUT2D eigenvalue weighted by atomic mass is 32.1. The van der Waals surface area contributed by atoms with E-state index in [0.29, 0.717) is 5.75 Å². The number of nitrogens with zero attached hydrogens (tertiary/aromatic N) is 2. The van der Waals surface area contributed by atoms with Crippen LogP contribution < -0.4 is 9.47 Å². The van der Waals surface area contributed by atoms with Crippen LogP contribution in [0.25, 0.3) is 0 Å². The number of hydrogen-bond donors (Lipinski definition) is 1. The molecule has 1 fully saturated rings. The monoisotopic (exact) mass is 332 g/mol. The van der Waals surface area contributed by atoms with Gasteiger partial charge in [-0.2, -0.15) is 11.3 Å². The molecule has 0 radical (unpaired) electrons. The first-order chi connectivity index (χ1) is 11.3. The highest BCUT2D eigenvalue weighted by Crippen LogP contribution is 2.38. The zero-order chi connectivity index (χ0) is 15.6. The molecular weight excluding hydrogens is 312 g/mol. The van der Waals surface area contributed by atoms with Crippen LogP contribution in [0.2, 0.25) is 0 Å². The first-order valence-corrected chi connectivity index (χ1v) is 8.79. The summed E-state index contributed by atoms with van der Waals surface area (Å²) < 4.78 is 10.7. The number of piperazine rings is 1. The average molecular weight is 332 g/mol. The van der Waals surface area contributed by atoms with Crippen LogP contribution in [0.3, 0.4) is 0 Å². The molecule has 4 rings (SSSR count). The lowest BCUT2D eigenvalue weighted by Crippen LogP contribution is -2.45. The molecule has 1 N–H and O–H groups in total. The Morgan fingerprint density at radius 2 is 1.70 bits per heavy atom. The maximum atomic E-state index is 10.2. The summed E-state index contributed by atoms with van der Waals surface area (Å²) in [6, 6.07) is 5.75. The molecule has 1 aromatic heterocycles. The second-order valence-corrected chi connectivity index (χ2v) is 6.80. The van der Waals surface area contributed by atoms with E-state index in [1.165, 1.54) is 5.56 Å². The zero-order valence-corrected chi connectivity index (χ0v) is 13.7. The molecule has 1 saturated heterocycles. The summed E-state index contributed by atoms with van der Waals surface area (Å²) in [6.45, 7) is 6.15. The van der Waals surface area contributed by atoms with Crippen molar-refractivity contribution in [3.8, 4) is 17.2 Å². The van der Waals surface area contributed by atoms with Crippen molar-refractivity contribution in [2.45, 2.75) is 13.1 Å². The smallest absolute Gasteiger partial charge is 0.231 e. The first kappa shape index (κ1) is 14.8. The fourth-order valence-corrected chi connectivity index (χ4v) is 3.75. The van der Waals surface area contributed by atoms with Gasteiger partial charge in [0.1, 0.15) is 5.75 Å². The minimum atomic E-state index is 0.236. The van der Waals surface area contributed by atoms with Gasteiger partial charge in [0, 0.05) is 50.9 Å². The molecule has 2 aromatic rings. The van der Waals surface area contributed by atoms with Crippen molar-refractivity contribution in [3.05, 3.63) is 40.1 Å². The number of hydrogen-bond acceptors (Lipinski definition) is 6. The quantitative estimate of drug-likeness (QED) is 0.932. The number of ether oxygens (including phenoxy) is 2. The van der Waals surface area contributed by atoms with E-state index in [-0.39, 0.29) is 12.5 Å². The Morgan fingerprint density at radius 1 is 1.00 bits per heavy atom. The van der Waals surface area contributed by atoms with Gasteiger partial charge in [0.15, 0.2) is 11.5 Å². The summed E-state index contributed by atoms with van der Waals surface area (Å²) in [5, 5.41) is 14.5. The van der Waals surface area contributed by atoms with Crippen LogP contribution >= 0.6 is 11.3 Å². The van der Waals surface area contributed by atoms with E-state index < -0.39 is 0 Å². The van der Waals surface area contributed by atoms with E-state index in [1.807, 2.05) is 6.07 Å². The summed E-state index contributed by atoms with van der Waals surface area (Å²) >= 11 is 1.75. The third-order valence-electron chi connectivity index (χ3n) is 4.42. The van der Waals surface area contributed by atoms with E-state index in [1.54, 1.807) is 17.4 Å². The van der Waals surface area contributed by atoms with Gasteiger partial charge in [-0.05, 0) is 28.5 Å². The van der Waals surface area contributed by atoms with E-state index in [2.05, 4.69) is 26.6 Å². The van der Waals surface area contributed by atoms with Crippen LogP contribution in [-0.4, -0.2) is 47.9 Å². The van der Waals surface area contributed by atoms with Crippen LogP contribution in [0.15, 0.2) is 29.0 Å². The van der Waals surface area contributed by atoms with Crippen molar-refractivity contribution in [1.29, 1.82) is 0 Å². The Hall–Kier alpha value is -1.76. The molecule has 2 aliphatic rings. The number of aromatic hydroxyl groups is 1. The Kier molecular flexibility index (Phi) is 4.11. The average Bonchev–Trinajstić information content (AvgIpc) is 3.21. The van der Waals surface area contributed by atoms with E-state index >= 15 is 0 Å². The second-order valence-electron chi connectivity index (χ2n) is 6.02. The SMILES string of the molecule is Oc1cc2c(cc1CN1CCN(Cc3ccsc3)CC1)OCO2. The number of phenols is 1. The van der Waals surface area contributed by atoms with E-state index in [0.717, 1.165) is 50.6 Å². The number of fused-ring (bicyclic) bond motifs is 1. The first-order valence-electron chi connectivity index (χ1n) is 7.85. The van der Waals surface area contributed by atoms with E-state index in [4.69, 9.17) is 9.47 Å². The molecule has 5 nitrogen and oxygen atoms in total. The molecule has 0 bridgehead atoms. The number of phenolic OH excluding ortho intramolecular Hbond substituents is 1.